The number of hydrogen-bond acceptors (Lipinski definition) is 3. The Hall–Kier alpha value is -5.13. The standard InChI is InChI=1S/C36H28ClN3O2/c1-25-11-21-34(28-8-3-2-4-9-28)40(25)31-19-14-29(15-20-31)36(41)39-38-23-33-32-10-6-5-7-27(32)16-22-35(33)42-24-26-12-17-30(37)18-13-26/h2-23H,24H2,1H3,(H,39,41)/b38-23+. The van der Waals surface area contributed by atoms with E-state index in [1.165, 1.54) is 0 Å². The van der Waals surface area contributed by atoms with Gasteiger partial charge < -0.3 is 9.30 Å². The van der Waals surface area contributed by atoms with Gasteiger partial charge in [-0.3, -0.25) is 4.79 Å². The zero-order valence-corrected chi connectivity index (χ0v) is 23.8. The van der Waals surface area contributed by atoms with Gasteiger partial charge in [-0.25, -0.2) is 5.43 Å². The number of amides is 1. The van der Waals surface area contributed by atoms with E-state index >= 15 is 0 Å². The molecule has 206 valence electrons. The average molecular weight is 570 g/mol. The van der Waals surface area contributed by atoms with E-state index in [1.54, 1.807) is 6.21 Å². The molecule has 42 heavy (non-hydrogen) atoms. The van der Waals surface area contributed by atoms with Gasteiger partial charge in [0, 0.05) is 27.5 Å². The molecule has 0 aliphatic carbocycles. The fourth-order valence-electron chi connectivity index (χ4n) is 4.97. The van der Waals surface area contributed by atoms with Crippen LogP contribution in [-0.2, 0) is 6.61 Å². The zero-order valence-electron chi connectivity index (χ0n) is 23.0. The molecule has 0 fully saturated rings. The molecule has 6 rings (SSSR count). The second-order valence-corrected chi connectivity index (χ2v) is 10.4. The summed E-state index contributed by atoms with van der Waals surface area (Å²) in [7, 11) is 0. The number of rotatable bonds is 8. The molecular weight excluding hydrogens is 542 g/mol. The van der Waals surface area contributed by atoms with Gasteiger partial charge in [0.1, 0.15) is 12.4 Å². The Morgan fingerprint density at radius 3 is 2.36 bits per heavy atom. The number of nitrogens with one attached hydrogen (secondary N) is 1. The van der Waals surface area contributed by atoms with Gasteiger partial charge in [-0.05, 0) is 83.4 Å². The summed E-state index contributed by atoms with van der Waals surface area (Å²) in [5, 5.41) is 7.02. The number of hydrazone groups is 1. The number of carbonyl (C=O) groups is 1. The van der Waals surface area contributed by atoms with E-state index < -0.39 is 0 Å². The minimum Gasteiger partial charge on any atom is -0.488 e. The molecule has 1 heterocycles. The van der Waals surface area contributed by atoms with Gasteiger partial charge in [0.15, 0.2) is 0 Å². The quantitative estimate of drug-likeness (QED) is 0.147. The first-order valence-electron chi connectivity index (χ1n) is 13.6. The van der Waals surface area contributed by atoms with Gasteiger partial charge in [-0.15, -0.1) is 0 Å². The van der Waals surface area contributed by atoms with Gasteiger partial charge >= 0.3 is 0 Å². The first kappa shape index (κ1) is 27.1. The maximum Gasteiger partial charge on any atom is 0.271 e. The summed E-state index contributed by atoms with van der Waals surface area (Å²) in [4.78, 5) is 13.0. The molecule has 0 atom stereocenters. The van der Waals surface area contributed by atoms with Gasteiger partial charge in [-0.2, -0.15) is 5.10 Å². The Bertz CT molecular complexity index is 1880. The smallest absolute Gasteiger partial charge is 0.271 e. The van der Waals surface area contributed by atoms with Crippen molar-refractivity contribution >= 4 is 34.5 Å². The first-order chi connectivity index (χ1) is 20.6. The number of aromatic nitrogens is 1. The van der Waals surface area contributed by atoms with Crippen molar-refractivity contribution < 1.29 is 9.53 Å². The Morgan fingerprint density at radius 2 is 1.57 bits per heavy atom. The first-order valence-corrected chi connectivity index (χ1v) is 14.0. The van der Waals surface area contributed by atoms with Crippen molar-refractivity contribution in [2.45, 2.75) is 13.5 Å². The van der Waals surface area contributed by atoms with Crippen LogP contribution in [0.4, 0.5) is 0 Å². The van der Waals surface area contributed by atoms with Crippen LogP contribution in [0.2, 0.25) is 5.02 Å². The lowest BCUT2D eigenvalue weighted by molar-refractivity contribution is 0.0955. The summed E-state index contributed by atoms with van der Waals surface area (Å²) in [5.74, 6) is 0.372. The number of carbonyl (C=O) groups excluding carboxylic acids is 1. The molecule has 0 bridgehead atoms. The Balaban J connectivity index is 1.20. The minimum absolute atomic E-state index is 0.297. The average Bonchev–Trinajstić information content (AvgIpc) is 3.42. The molecule has 5 aromatic carbocycles. The van der Waals surface area contributed by atoms with Crippen LogP contribution in [-0.4, -0.2) is 16.7 Å². The van der Waals surface area contributed by atoms with Crippen LogP contribution < -0.4 is 10.2 Å². The summed E-state index contributed by atoms with van der Waals surface area (Å²) in [6.45, 7) is 2.45. The molecule has 6 heteroatoms. The minimum atomic E-state index is -0.297. The molecule has 0 saturated heterocycles. The fourth-order valence-corrected chi connectivity index (χ4v) is 5.10. The number of fused-ring (bicyclic) bond motifs is 1. The van der Waals surface area contributed by atoms with Crippen LogP contribution >= 0.6 is 11.6 Å². The second kappa shape index (κ2) is 12.2. The Kier molecular flexibility index (Phi) is 7.84. The molecule has 0 radical (unpaired) electrons. The van der Waals surface area contributed by atoms with Gasteiger partial charge in [-0.1, -0.05) is 84.4 Å². The third-order valence-electron chi connectivity index (χ3n) is 7.13. The largest absolute Gasteiger partial charge is 0.488 e. The highest BCUT2D eigenvalue weighted by Crippen LogP contribution is 2.28. The van der Waals surface area contributed by atoms with Crippen LogP contribution in [0.5, 0.6) is 5.75 Å². The van der Waals surface area contributed by atoms with Crippen LogP contribution in [0, 0.1) is 6.92 Å². The van der Waals surface area contributed by atoms with Crippen molar-refractivity contribution in [2.75, 3.05) is 0 Å². The van der Waals surface area contributed by atoms with Crippen LogP contribution in [0.3, 0.4) is 0 Å². The number of hydrogen-bond donors (Lipinski definition) is 1. The van der Waals surface area contributed by atoms with E-state index in [-0.39, 0.29) is 5.91 Å². The lowest BCUT2D eigenvalue weighted by Gasteiger charge is -2.13. The fraction of sp³-hybridized carbons (Fsp3) is 0.0556. The number of aryl methyl sites for hydroxylation is 1. The van der Waals surface area contributed by atoms with Crippen molar-refractivity contribution in [3.8, 4) is 22.7 Å². The molecule has 5 nitrogen and oxygen atoms in total. The van der Waals surface area contributed by atoms with Crippen molar-refractivity contribution in [1.29, 1.82) is 0 Å². The van der Waals surface area contributed by atoms with Crippen molar-refractivity contribution in [2.24, 2.45) is 5.10 Å². The summed E-state index contributed by atoms with van der Waals surface area (Å²) >= 11 is 6.02. The molecule has 0 unspecified atom stereocenters. The predicted octanol–water partition coefficient (Wildman–Crippen LogP) is 8.60. The zero-order chi connectivity index (χ0) is 28.9. The molecule has 0 aliphatic rings. The lowest BCUT2D eigenvalue weighted by atomic mass is 10.0. The van der Waals surface area contributed by atoms with E-state index in [1.807, 2.05) is 103 Å². The van der Waals surface area contributed by atoms with E-state index in [9.17, 15) is 4.79 Å². The maximum absolute atomic E-state index is 13.0. The number of halogens is 1. The van der Waals surface area contributed by atoms with E-state index in [0.29, 0.717) is 22.9 Å². The summed E-state index contributed by atoms with van der Waals surface area (Å²) in [5.41, 5.74) is 9.29. The van der Waals surface area contributed by atoms with E-state index in [4.69, 9.17) is 16.3 Å². The topological polar surface area (TPSA) is 55.6 Å². The number of nitrogens with zero attached hydrogens (tertiary/aromatic N) is 2. The normalized spacial score (nSPS) is 11.2. The second-order valence-electron chi connectivity index (χ2n) is 9.92. The molecule has 6 aromatic rings. The van der Waals surface area contributed by atoms with Gasteiger partial charge in [0.2, 0.25) is 0 Å². The number of ether oxygens (including phenoxy) is 1. The summed E-state index contributed by atoms with van der Waals surface area (Å²) in [6.07, 6.45) is 1.64. The molecule has 0 aliphatic heterocycles. The molecule has 0 spiro atoms. The van der Waals surface area contributed by atoms with Crippen LogP contribution in [0.1, 0.15) is 27.2 Å². The third kappa shape index (κ3) is 5.82. The molecule has 1 aromatic heterocycles. The molecule has 1 N–H and O–H groups in total. The lowest BCUT2D eigenvalue weighted by Crippen LogP contribution is -2.17. The summed E-state index contributed by atoms with van der Waals surface area (Å²) in [6, 6.07) is 41.5. The highest BCUT2D eigenvalue weighted by atomic mass is 35.5. The Labute approximate surface area is 249 Å². The van der Waals surface area contributed by atoms with Crippen LogP contribution in [0.15, 0.2) is 132 Å². The maximum atomic E-state index is 13.0. The highest BCUT2D eigenvalue weighted by Gasteiger charge is 2.12. The highest BCUT2D eigenvalue weighted by molar-refractivity contribution is 6.30. The molecule has 0 saturated carbocycles. The SMILES string of the molecule is Cc1ccc(-c2ccccc2)n1-c1ccc(C(=O)N/N=C/c2c(OCc3ccc(Cl)cc3)ccc3ccccc23)cc1. The molecular formula is C36H28ClN3O2. The van der Waals surface area contributed by atoms with E-state index in [2.05, 4.69) is 46.3 Å². The monoisotopic (exact) mass is 569 g/mol. The third-order valence-corrected chi connectivity index (χ3v) is 7.38. The molecule has 1 amide bonds. The van der Waals surface area contributed by atoms with Crippen molar-refractivity contribution in [1.82, 2.24) is 9.99 Å². The van der Waals surface area contributed by atoms with Crippen molar-refractivity contribution in [3.05, 3.63) is 155 Å². The van der Waals surface area contributed by atoms with E-state index in [0.717, 1.165) is 44.5 Å². The number of benzene rings is 5. The van der Waals surface area contributed by atoms with Crippen LogP contribution in [0.25, 0.3) is 27.7 Å². The predicted molar refractivity (Wildman–Crippen MR) is 171 cm³/mol. The summed E-state index contributed by atoms with van der Waals surface area (Å²) < 4.78 is 8.35. The van der Waals surface area contributed by atoms with Gasteiger partial charge in [0.25, 0.3) is 5.91 Å². The van der Waals surface area contributed by atoms with Crippen molar-refractivity contribution in [3.63, 3.8) is 0 Å². The Morgan fingerprint density at radius 1 is 0.833 bits per heavy atom. The van der Waals surface area contributed by atoms with Gasteiger partial charge in [0.05, 0.1) is 11.9 Å².